The third kappa shape index (κ3) is 5.58. The summed E-state index contributed by atoms with van der Waals surface area (Å²) in [6.07, 6.45) is 11.6. The van der Waals surface area contributed by atoms with Gasteiger partial charge in [-0.3, -0.25) is 0 Å². The average molecular weight is 250 g/mol. The van der Waals surface area contributed by atoms with Crippen molar-refractivity contribution in [1.29, 1.82) is 0 Å². The molecule has 0 saturated carbocycles. The second kappa shape index (κ2) is 9.03. The van der Waals surface area contributed by atoms with Gasteiger partial charge in [0.05, 0.1) is 11.8 Å². The van der Waals surface area contributed by atoms with E-state index >= 15 is 0 Å². The Bertz CT molecular complexity index is 303. The summed E-state index contributed by atoms with van der Waals surface area (Å²) in [5.41, 5.74) is 0.739. The predicted octanol–water partition coefficient (Wildman–Crippen LogP) is 3.90. The van der Waals surface area contributed by atoms with Crippen LogP contribution in [0.25, 0.3) is 0 Å². The highest BCUT2D eigenvalue weighted by Crippen LogP contribution is 2.24. The number of rotatable bonds is 9. The molecular formula is C15H26N2O. The lowest BCUT2D eigenvalue weighted by Crippen LogP contribution is -2.10. The summed E-state index contributed by atoms with van der Waals surface area (Å²) in [7, 11) is 0. The fourth-order valence-corrected chi connectivity index (χ4v) is 2.17. The molecule has 3 heteroatoms. The molecule has 0 radical (unpaired) electrons. The summed E-state index contributed by atoms with van der Waals surface area (Å²) in [5, 5.41) is 10.1. The van der Waals surface area contributed by atoms with Crippen molar-refractivity contribution >= 4 is 0 Å². The smallest absolute Gasteiger partial charge is 0.115 e. The van der Waals surface area contributed by atoms with Gasteiger partial charge in [0, 0.05) is 6.20 Å². The molecule has 0 spiro atoms. The summed E-state index contributed by atoms with van der Waals surface area (Å²) in [4.78, 5) is 7.98. The molecule has 0 amide bonds. The molecule has 0 aliphatic carbocycles. The summed E-state index contributed by atoms with van der Waals surface area (Å²) < 4.78 is 0. The molecule has 0 aliphatic rings. The van der Waals surface area contributed by atoms with Crippen molar-refractivity contribution in [2.24, 2.45) is 5.92 Å². The molecule has 1 heterocycles. The van der Waals surface area contributed by atoms with Crippen LogP contribution in [0.3, 0.4) is 0 Å². The zero-order chi connectivity index (χ0) is 13.2. The topological polar surface area (TPSA) is 46.0 Å². The lowest BCUT2D eigenvalue weighted by Gasteiger charge is -2.17. The molecule has 2 atom stereocenters. The van der Waals surface area contributed by atoms with Gasteiger partial charge in [-0.1, -0.05) is 52.4 Å². The molecule has 0 saturated heterocycles. The number of nitrogens with zero attached hydrogens (tertiary/aromatic N) is 2. The van der Waals surface area contributed by atoms with Gasteiger partial charge in [0.15, 0.2) is 0 Å². The van der Waals surface area contributed by atoms with Gasteiger partial charge in [-0.05, 0) is 18.4 Å². The van der Waals surface area contributed by atoms with Crippen molar-refractivity contribution in [2.75, 3.05) is 0 Å². The monoisotopic (exact) mass is 250 g/mol. The van der Waals surface area contributed by atoms with E-state index in [4.69, 9.17) is 0 Å². The largest absolute Gasteiger partial charge is 0.387 e. The highest BCUT2D eigenvalue weighted by molar-refractivity contribution is 5.02. The predicted molar refractivity (Wildman–Crippen MR) is 74.1 cm³/mol. The summed E-state index contributed by atoms with van der Waals surface area (Å²) >= 11 is 0. The van der Waals surface area contributed by atoms with E-state index in [-0.39, 0.29) is 5.92 Å². The van der Waals surface area contributed by atoms with Gasteiger partial charge in [0.2, 0.25) is 0 Å². The normalized spacial score (nSPS) is 14.4. The fraction of sp³-hybridized carbons (Fsp3) is 0.733. The molecule has 102 valence electrons. The van der Waals surface area contributed by atoms with Crippen LogP contribution in [0.15, 0.2) is 18.6 Å². The molecule has 0 aromatic carbocycles. The molecule has 0 aliphatic heterocycles. The van der Waals surface area contributed by atoms with Gasteiger partial charge >= 0.3 is 0 Å². The van der Waals surface area contributed by atoms with Crippen LogP contribution in [0.2, 0.25) is 0 Å². The van der Waals surface area contributed by atoms with Gasteiger partial charge in [-0.2, -0.15) is 0 Å². The second-order valence-corrected chi connectivity index (χ2v) is 5.11. The number of hydrogen-bond acceptors (Lipinski definition) is 3. The first kappa shape index (κ1) is 15.1. The van der Waals surface area contributed by atoms with E-state index in [1.54, 1.807) is 12.3 Å². The number of aliphatic hydroxyl groups is 1. The van der Waals surface area contributed by atoms with Crippen LogP contribution in [0.1, 0.15) is 70.6 Å². The van der Waals surface area contributed by atoms with Crippen molar-refractivity contribution in [2.45, 2.75) is 64.9 Å². The van der Waals surface area contributed by atoms with Crippen LogP contribution in [0.4, 0.5) is 0 Å². The molecule has 0 bridgehead atoms. The van der Waals surface area contributed by atoms with Gasteiger partial charge in [-0.15, -0.1) is 0 Å². The Morgan fingerprint density at radius 1 is 1.17 bits per heavy atom. The quantitative estimate of drug-likeness (QED) is 0.676. The first-order chi connectivity index (χ1) is 8.75. The molecule has 1 aromatic rings. The minimum Gasteiger partial charge on any atom is -0.387 e. The number of unbranched alkanes of at least 4 members (excludes halogenated alkanes) is 5. The van der Waals surface area contributed by atoms with Gasteiger partial charge < -0.3 is 5.11 Å². The van der Waals surface area contributed by atoms with E-state index in [0.717, 1.165) is 12.1 Å². The van der Waals surface area contributed by atoms with Crippen LogP contribution in [-0.2, 0) is 0 Å². The van der Waals surface area contributed by atoms with Gasteiger partial charge in [0.25, 0.3) is 0 Å². The Kier molecular flexibility index (Phi) is 7.58. The number of aromatic nitrogens is 2. The lowest BCUT2D eigenvalue weighted by molar-refractivity contribution is 0.107. The highest BCUT2D eigenvalue weighted by atomic mass is 16.3. The Hall–Kier alpha value is -0.960. The van der Waals surface area contributed by atoms with Crippen LogP contribution in [0.5, 0.6) is 0 Å². The van der Waals surface area contributed by atoms with Crippen LogP contribution in [0, 0.1) is 5.92 Å². The third-order valence-corrected chi connectivity index (χ3v) is 3.46. The van der Waals surface area contributed by atoms with E-state index in [9.17, 15) is 5.11 Å². The van der Waals surface area contributed by atoms with E-state index in [0.29, 0.717) is 0 Å². The minimum absolute atomic E-state index is 0.270. The maximum absolute atomic E-state index is 10.1. The van der Waals surface area contributed by atoms with Crippen LogP contribution >= 0.6 is 0 Å². The lowest BCUT2D eigenvalue weighted by atomic mass is 9.95. The molecular weight excluding hydrogens is 224 g/mol. The summed E-state index contributed by atoms with van der Waals surface area (Å²) in [5.74, 6) is 0.270. The van der Waals surface area contributed by atoms with Crippen molar-refractivity contribution in [3.63, 3.8) is 0 Å². The van der Waals surface area contributed by atoms with E-state index in [1.807, 2.05) is 0 Å². The Balaban J connectivity index is 2.18. The number of hydrogen-bond donors (Lipinski definition) is 1. The molecule has 1 rings (SSSR count). The second-order valence-electron chi connectivity index (χ2n) is 5.11. The molecule has 3 nitrogen and oxygen atoms in total. The summed E-state index contributed by atoms with van der Waals surface area (Å²) in [6, 6.07) is 1.79. The van der Waals surface area contributed by atoms with E-state index in [2.05, 4.69) is 23.8 Å². The van der Waals surface area contributed by atoms with Crippen molar-refractivity contribution in [3.8, 4) is 0 Å². The van der Waals surface area contributed by atoms with E-state index in [1.165, 1.54) is 44.9 Å². The standard InChI is InChI=1S/C15H26N2O/c1-3-4-5-6-7-8-9-13(2)15(18)14-10-11-16-12-17-14/h10-13,15,18H,3-9H2,1-2H3. The van der Waals surface area contributed by atoms with E-state index < -0.39 is 6.10 Å². The molecule has 2 unspecified atom stereocenters. The Labute approximate surface area is 111 Å². The summed E-state index contributed by atoms with van der Waals surface area (Å²) in [6.45, 7) is 4.33. The molecule has 1 N–H and O–H groups in total. The van der Waals surface area contributed by atoms with Crippen molar-refractivity contribution in [1.82, 2.24) is 9.97 Å². The molecule has 0 fully saturated rings. The molecule has 1 aromatic heterocycles. The highest BCUT2D eigenvalue weighted by Gasteiger charge is 2.16. The average Bonchev–Trinajstić information content (AvgIpc) is 2.42. The maximum Gasteiger partial charge on any atom is 0.115 e. The first-order valence-corrected chi connectivity index (χ1v) is 7.19. The Morgan fingerprint density at radius 3 is 2.56 bits per heavy atom. The minimum atomic E-state index is -0.455. The Morgan fingerprint density at radius 2 is 1.89 bits per heavy atom. The number of aliphatic hydroxyl groups excluding tert-OH is 1. The fourth-order valence-electron chi connectivity index (χ4n) is 2.17. The van der Waals surface area contributed by atoms with Gasteiger partial charge in [-0.25, -0.2) is 9.97 Å². The first-order valence-electron chi connectivity index (χ1n) is 7.19. The zero-order valence-electron chi connectivity index (χ0n) is 11.7. The van der Waals surface area contributed by atoms with Crippen molar-refractivity contribution < 1.29 is 5.11 Å². The van der Waals surface area contributed by atoms with Crippen LogP contribution in [-0.4, -0.2) is 15.1 Å². The zero-order valence-corrected chi connectivity index (χ0v) is 11.7. The SMILES string of the molecule is CCCCCCCCC(C)C(O)c1ccncn1. The maximum atomic E-state index is 10.1. The van der Waals surface area contributed by atoms with Gasteiger partial charge in [0.1, 0.15) is 6.33 Å². The van der Waals surface area contributed by atoms with Crippen LogP contribution < -0.4 is 0 Å². The molecule has 18 heavy (non-hydrogen) atoms. The van der Waals surface area contributed by atoms with Crippen molar-refractivity contribution in [3.05, 3.63) is 24.3 Å². The third-order valence-electron chi connectivity index (χ3n) is 3.46.